The molecule has 18 heavy (non-hydrogen) atoms. The first-order valence-electron chi connectivity index (χ1n) is 4.67. The molecule has 1 unspecified atom stereocenters. The van der Waals surface area contributed by atoms with Gasteiger partial charge in [-0.25, -0.2) is 4.39 Å². The first kappa shape index (κ1) is 14.1. The highest BCUT2D eigenvalue weighted by Gasteiger charge is 2.19. The van der Waals surface area contributed by atoms with Gasteiger partial charge in [-0.15, -0.1) is 0 Å². The van der Waals surface area contributed by atoms with Crippen LogP contribution in [0.3, 0.4) is 0 Å². The van der Waals surface area contributed by atoms with Gasteiger partial charge in [0.05, 0.1) is 16.5 Å². The van der Waals surface area contributed by atoms with E-state index in [2.05, 4.69) is 5.32 Å². The van der Waals surface area contributed by atoms with Gasteiger partial charge < -0.3 is 16.2 Å². The van der Waals surface area contributed by atoms with Gasteiger partial charge in [-0.2, -0.15) is 0 Å². The summed E-state index contributed by atoms with van der Waals surface area (Å²) in [7, 11) is 0. The summed E-state index contributed by atoms with van der Waals surface area (Å²) in [5.41, 5.74) is 4.11. The molecular formula is C9H9ClFN3O4. The van der Waals surface area contributed by atoms with Gasteiger partial charge in [-0.3, -0.25) is 14.9 Å². The quantitative estimate of drug-likeness (QED) is 0.539. The number of nitro benzene ring substituents is 1. The van der Waals surface area contributed by atoms with Gasteiger partial charge >= 0.3 is 0 Å². The molecule has 0 aromatic heterocycles. The van der Waals surface area contributed by atoms with Crippen molar-refractivity contribution in [1.82, 2.24) is 0 Å². The Hall–Kier alpha value is -1.93. The van der Waals surface area contributed by atoms with Gasteiger partial charge in [0, 0.05) is 12.1 Å². The van der Waals surface area contributed by atoms with E-state index >= 15 is 0 Å². The maximum absolute atomic E-state index is 13.2. The minimum absolute atomic E-state index is 0.206. The summed E-state index contributed by atoms with van der Waals surface area (Å²) < 4.78 is 13.2. The number of halogens is 2. The Morgan fingerprint density at radius 2 is 2.28 bits per heavy atom. The number of rotatable bonds is 5. The zero-order valence-electron chi connectivity index (χ0n) is 8.89. The summed E-state index contributed by atoms with van der Waals surface area (Å²) in [6, 6.07) is 1.63. The largest absolute Gasteiger partial charge is 0.381 e. The standard InChI is InChI=1S/C9H9ClFN3O4/c10-4-1-7(14(17)18)6(2-5(4)11)13-3-8(15)9(12)16/h1-2,8,13,15H,3H2,(H2,12,16). The molecule has 0 saturated carbocycles. The maximum atomic E-state index is 13.2. The van der Waals surface area contributed by atoms with Crippen LogP contribution >= 0.6 is 11.6 Å². The van der Waals surface area contributed by atoms with E-state index < -0.39 is 33.5 Å². The van der Waals surface area contributed by atoms with Crippen molar-refractivity contribution in [3.63, 3.8) is 0 Å². The third kappa shape index (κ3) is 3.28. The predicted octanol–water partition coefficient (Wildman–Crippen LogP) is 0.645. The molecule has 0 fully saturated rings. The SMILES string of the molecule is NC(=O)C(O)CNc1cc(F)c(Cl)cc1[N+](=O)[O-]. The Balaban J connectivity index is 2.97. The number of hydrogen-bond donors (Lipinski definition) is 3. The molecule has 1 atom stereocenters. The first-order chi connectivity index (χ1) is 8.32. The van der Waals surface area contributed by atoms with Crippen molar-refractivity contribution in [3.05, 3.63) is 33.1 Å². The number of hydrogen-bond acceptors (Lipinski definition) is 5. The van der Waals surface area contributed by atoms with Gasteiger partial charge in [0.2, 0.25) is 5.91 Å². The van der Waals surface area contributed by atoms with Crippen LogP contribution in [0, 0.1) is 15.9 Å². The third-order valence-corrected chi connectivity index (χ3v) is 2.34. The third-order valence-electron chi connectivity index (χ3n) is 2.05. The zero-order valence-corrected chi connectivity index (χ0v) is 9.65. The average molecular weight is 278 g/mol. The van der Waals surface area contributed by atoms with Crippen LogP contribution in [0.2, 0.25) is 5.02 Å². The van der Waals surface area contributed by atoms with E-state index in [1.807, 2.05) is 0 Å². The van der Waals surface area contributed by atoms with E-state index in [9.17, 15) is 19.3 Å². The second-order valence-electron chi connectivity index (χ2n) is 3.34. The lowest BCUT2D eigenvalue weighted by atomic mass is 10.2. The molecule has 0 radical (unpaired) electrons. The molecule has 7 nitrogen and oxygen atoms in total. The lowest BCUT2D eigenvalue weighted by Crippen LogP contribution is -2.34. The number of nitrogens with zero attached hydrogens (tertiary/aromatic N) is 1. The molecule has 4 N–H and O–H groups in total. The summed E-state index contributed by atoms with van der Waals surface area (Å²) in [5.74, 6) is -1.86. The van der Waals surface area contributed by atoms with Crippen LogP contribution in [0.1, 0.15) is 0 Å². The highest BCUT2D eigenvalue weighted by Crippen LogP contribution is 2.30. The molecule has 0 aliphatic carbocycles. The number of carbonyl (C=O) groups is 1. The van der Waals surface area contributed by atoms with Crippen molar-refractivity contribution in [1.29, 1.82) is 0 Å². The molecule has 0 aliphatic rings. The molecule has 1 amide bonds. The smallest absolute Gasteiger partial charge is 0.294 e. The fraction of sp³-hybridized carbons (Fsp3) is 0.222. The summed E-state index contributed by atoms with van der Waals surface area (Å²) in [4.78, 5) is 20.5. The summed E-state index contributed by atoms with van der Waals surface area (Å²) in [6.07, 6.45) is -1.54. The van der Waals surface area contributed by atoms with E-state index in [0.29, 0.717) is 0 Å². The van der Waals surface area contributed by atoms with Crippen LogP contribution in [-0.2, 0) is 4.79 Å². The second kappa shape index (κ2) is 5.61. The Bertz CT molecular complexity index is 497. The zero-order chi connectivity index (χ0) is 13.9. The van der Waals surface area contributed by atoms with Gasteiger partial charge in [-0.05, 0) is 0 Å². The second-order valence-corrected chi connectivity index (χ2v) is 3.75. The highest BCUT2D eigenvalue weighted by molar-refractivity contribution is 6.31. The first-order valence-corrected chi connectivity index (χ1v) is 5.05. The van der Waals surface area contributed by atoms with Crippen molar-refractivity contribution in [3.8, 4) is 0 Å². The van der Waals surface area contributed by atoms with Crippen LogP contribution in [0.4, 0.5) is 15.8 Å². The van der Waals surface area contributed by atoms with Crippen LogP contribution in [0.25, 0.3) is 0 Å². The minimum Gasteiger partial charge on any atom is -0.381 e. The summed E-state index contributed by atoms with van der Waals surface area (Å²) in [5, 5.41) is 21.8. The molecule has 0 aliphatic heterocycles. The number of anilines is 1. The topological polar surface area (TPSA) is 118 Å². The lowest BCUT2D eigenvalue weighted by Gasteiger charge is -2.10. The van der Waals surface area contributed by atoms with E-state index in [0.717, 1.165) is 12.1 Å². The van der Waals surface area contributed by atoms with Crippen molar-refractivity contribution >= 4 is 28.9 Å². The molecule has 1 aromatic rings. The number of carbonyl (C=O) groups excluding carboxylic acids is 1. The molecule has 0 spiro atoms. The van der Waals surface area contributed by atoms with Gasteiger partial charge in [0.15, 0.2) is 0 Å². The predicted molar refractivity (Wildman–Crippen MR) is 61.8 cm³/mol. The number of aliphatic hydroxyl groups is 1. The van der Waals surface area contributed by atoms with Gasteiger partial charge in [-0.1, -0.05) is 11.6 Å². The Morgan fingerprint density at radius 1 is 1.67 bits per heavy atom. The number of aliphatic hydroxyl groups excluding tert-OH is 1. The van der Waals surface area contributed by atoms with Crippen molar-refractivity contribution < 1.29 is 19.2 Å². The number of benzene rings is 1. The summed E-state index contributed by atoms with van der Waals surface area (Å²) >= 11 is 5.41. The number of amides is 1. The monoisotopic (exact) mass is 277 g/mol. The van der Waals surface area contributed by atoms with Crippen LogP contribution in [0.5, 0.6) is 0 Å². The fourth-order valence-electron chi connectivity index (χ4n) is 1.14. The van der Waals surface area contributed by atoms with Crippen molar-refractivity contribution in [2.75, 3.05) is 11.9 Å². The van der Waals surface area contributed by atoms with Crippen molar-refractivity contribution in [2.24, 2.45) is 5.73 Å². The Morgan fingerprint density at radius 3 is 2.78 bits per heavy atom. The van der Waals surface area contributed by atoms with E-state index in [1.54, 1.807) is 0 Å². The molecular weight excluding hydrogens is 269 g/mol. The average Bonchev–Trinajstić information content (AvgIpc) is 2.29. The molecule has 0 saturated heterocycles. The molecule has 9 heteroatoms. The number of nitrogens with one attached hydrogen (secondary N) is 1. The van der Waals surface area contributed by atoms with Crippen molar-refractivity contribution in [2.45, 2.75) is 6.10 Å². The van der Waals surface area contributed by atoms with Crippen LogP contribution in [-0.4, -0.2) is 28.6 Å². The minimum atomic E-state index is -1.54. The van der Waals surface area contributed by atoms with Crippen LogP contribution < -0.4 is 11.1 Å². The lowest BCUT2D eigenvalue weighted by molar-refractivity contribution is -0.384. The van der Waals surface area contributed by atoms with E-state index in [-0.39, 0.29) is 12.2 Å². The molecule has 98 valence electrons. The number of nitro groups is 1. The summed E-state index contributed by atoms with van der Waals surface area (Å²) in [6.45, 7) is -0.378. The number of primary amides is 1. The van der Waals surface area contributed by atoms with E-state index in [4.69, 9.17) is 22.4 Å². The molecule has 1 aromatic carbocycles. The Kier molecular flexibility index (Phi) is 4.40. The molecule has 0 heterocycles. The highest BCUT2D eigenvalue weighted by atomic mass is 35.5. The normalized spacial score (nSPS) is 11.9. The maximum Gasteiger partial charge on any atom is 0.294 e. The molecule has 1 rings (SSSR count). The molecule has 0 bridgehead atoms. The van der Waals surface area contributed by atoms with Gasteiger partial charge in [0.25, 0.3) is 5.69 Å². The van der Waals surface area contributed by atoms with Gasteiger partial charge in [0.1, 0.15) is 17.6 Å². The Labute approximate surface area is 105 Å². The van der Waals surface area contributed by atoms with E-state index in [1.165, 1.54) is 0 Å². The van der Waals surface area contributed by atoms with Crippen LogP contribution in [0.15, 0.2) is 12.1 Å². The fourth-order valence-corrected chi connectivity index (χ4v) is 1.29. The number of nitrogens with two attached hydrogens (primary N) is 1.